The number of amides is 2. The zero-order chi connectivity index (χ0) is 13.0. The summed E-state index contributed by atoms with van der Waals surface area (Å²) in [6.45, 7) is 1.83. The first-order valence-corrected chi connectivity index (χ1v) is 5.64. The highest BCUT2D eigenvalue weighted by molar-refractivity contribution is 5.87. The molecule has 0 aliphatic carbocycles. The number of benzene rings is 1. The topological polar surface area (TPSA) is 58.6 Å². The van der Waals surface area contributed by atoms with Crippen molar-refractivity contribution in [2.75, 3.05) is 0 Å². The van der Waals surface area contributed by atoms with E-state index >= 15 is 0 Å². The highest BCUT2D eigenvalue weighted by atomic mass is 16.6. The van der Waals surface area contributed by atoms with Gasteiger partial charge in [0.2, 0.25) is 5.91 Å². The number of nitrogens with one attached hydrogen (secondary N) is 1. The van der Waals surface area contributed by atoms with Gasteiger partial charge in [-0.3, -0.25) is 9.69 Å². The van der Waals surface area contributed by atoms with Crippen molar-refractivity contribution >= 4 is 12.0 Å². The van der Waals surface area contributed by atoms with Gasteiger partial charge in [0.1, 0.15) is 12.6 Å². The molecular weight excluding hydrogens is 232 g/mol. The molecule has 1 atom stereocenters. The number of carbonyl (C=O) groups excluding carboxylic acids is 2. The van der Waals surface area contributed by atoms with Crippen LogP contribution in [0, 0.1) is 0 Å². The molecule has 0 bridgehead atoms. The SMILES string of the molecule is C[C@@H]1C(=O)NC=CN1C(=O)OCc1ccccc1. The molecular formula is C13H14N2O3. The van der Waals surface area contributed by atoms with Crippen LogP contribution in [0.2, 0.25) is 0 Å². The molecule has 2 amide bonds. The van der Waals surface area contributed by atoms with Gasteiger partial charge in [0.25, 0.3) is 0 Å². The van der Waals surface area contributed by atoms with Gasteiger partial charge in [-0.2, -0.15) is 0 Å². The zero-order valence-electron chi connectivity index (χ0n) is 10.00. The van der Waals surface area contributed by atoms with Crippen LogP contribution in [0.3, 0.4) is 0 Å². The third-order valence-electron chi connectivity index (χ3n) is 2.67. The van der Waals surface area contributed by atoms with E-state index in [1.807, 2.05) is 30.3 Å². The second-order valence-corrected chi connectivity index (χ2v) is 3.95. The minimum atomic E-state index is -0.557. The molecule has 1 aromatic carbocycles. The fourth-order valence-corrected chi connectivity index (χ4v) is 1.59. The molecule has 0 saturated carbocycles. The Morgan fingerprint density at radius 1 is 1.39 bits per heavy atom. The van der Waals surface area contributed by atoms with Gasteiger partial charge < -0.3 is 10.1 Å². The van der Waals surface area contributed by atoms with Crippen LogP contribution < -0.4 is 5.32 Å². The zero-order valence-corrected chi connectivity index (χ0v) is 10.00. The molecule has 0 spiro atoms. The summed E-state index contributed by atoms with van der Waals surface area (Å²) in [6.07, 6.45) is 2.39. The Hall–Kier alpha value is -2.30. The molecule has 5 nitrogen and oxygen atoms in total. The average molecular weight is 246 g/mol. The normalized spacial score (nSPS) is 18.4. The average Bonchev–Trinajstić information content (AvgIpc) is 2.40. The van der Waals surface area contributed by atoms with Crippen LogP contribution in [0.5, 0.6) is 0 Å². The third kappa shape index (κ3) is 2.68. The molecule has 0 saturated heterocycles. The van der Waals surface area contributed by atoms with E-state index in [-0.39, 0.29) is 12.5 Å². The van der Waals surface area contributed by atoms with Gasteiger partial charge in [0.15, 0.2) is 0 Å². The molecule has 18 heavy (non-hydrogen) atoms. The number of nitrogens with zero attached hydrogens (tertiary/aromatic N) is 1. The summed E-state index contributed by atoms with van der Waals surface area (Å²) in [4.78, 5) is 24.4. The molecule has 0 unspecified atom stereocenters. The van der Waals surface area contributed by atoms with Crippen LogP contribution in [0.15, 0.2) is 42.7 Å². The lowest BCUT2D eigenvalue weighted by molar-refractivity contribution is -0.124. The van der Waals surface area contributed by atoms with Gasteiger partial charge in [-0.15, -0.1) is 0 Å². The van der Waals surface area contributed by atoms with E-state index in [0.29, 0.717) is 0 Å². The summed E-state index contributed by atoms with van der Waals surface area (Å²) in [5.41, 5.74) is 0.906. The number of carbonyl (C=O) groups is 2. The Balaban J connectivity index is 1.94. The van der Waals surface area contributed by atoms with E-state index in [2.05, 4.69) is 5.32 Å². The quantitative estimate of drug-likeness (QED) is 0.862. The number of rotatable bonds is 2. The van der Waals surface area contributed by atoms with Gasteiger partial charge in [-0.05, 0) is 12.5 Å². The molecule has 1 aromatic rings. The van der Waals surface area contributed by atoms with Crippen molar-refractivity contribution in [3.8, 4) is 0 Å². The first kappa shape index (κ1) is 12.2. The smallest absolute Gasteiger partial charge is 0.414 e. The Kier molecular flexibility index (Phi) is 3.62. The fraction of sp³-hybridized carbons (Fsp3) is 0.231. The lowest BCUT2D eigenvalue weighted by Gasteiger charge is -2.26. The highest BCUT2D eigenvalue weighted by Gasteiger charge is 2.27. The van der Waals surface area contributed by atoms with Gasteiger partial charge >= 0.3 is 6.09 Å². The van der Waals surface area contributed by atoms with Crippen molar-refractivity contribution < 1.29 is 14.3 Å². The molecule has 0 fully saturated rings. The van der Waals surface area contributed by atoms with E-state index in [9.17, 15) is 9.59 Å². The van der Waals surface area contributed by atoms with Crippen molar-refractivity contribution in [2.45, 2.75) is 19.6 Å². The van der Waals surface area contributed by atoms with Gasteiger partial charge in [-0.25, -0.2) is 4.79 Å². The van der Waals surface area contributed by atoms with Gasteiger partial charge in [0.05, 0.1) is 0 Å². The summed E-state index contributed by atoms with van der Waals surface area (Å²) < 4.78 is 5.14. The van der Waals surface area contributed by atoms with Gasteiger partial charge in [-0.1, -0.05) is 30.3 Å². The van der Waals surface area contributed by atoms with Crippen molar-refractivity contribution in [3.05, 3.63) is 48.3 Å². The molecule has 5 heteroatoms. The summed E-state index contributed by atoms with van der Waals surface area (Å²) >= 11 is 0. The maximum Gasteiger partial charge on any atom is 0.414 e. The van der Waals surface area contributed by atoms with E-state index in [0.717, 1.165) is 5.56 Å². The number of ether oxygens (including phenoxy) is 1. The summed E-state index contributed by atoms with van der Waals surface area (Å²) in [7, 11) is 0. The predicted octanol–water partition coefficient (Wildman–Crippen LogP) is 1.61. The first-order chi connectivity index (χ1) is 8.68. The minimum absolute atomic E-state index is 0.193. The second kappa shape index (κ2) is 5.35. The highest BCUT2D eigenvalue weighted by Crippen LogP contribution is 2.09. The summed E-state index contributed by atoms with van der Waals surface area (Å²) in [5.74, 6) is -0.228. The van der Waals surface area contributed by atoms with Crippen LogP contribution >= 0.6 is 0 Å². The van der Waals surface area contributed by atoms with E-state index in [4.69, 9.17) is 4.74 Å². The summed E-state index contributed by atoms with van der Waals surface area (Å²) in [5, 5.41) is 2.52. The molecule has 1 aliphatic heterocycles. The molecule has 1 N–H and O–H groups in total. The Morgan fingerprint density at radius 3 is 2.83 bits per heavy atom. The largest absolute Gasteiger partial charge is 0.444 e. The van der Waals surface area contributed by atoms with E-state index in [1.54, 1.807) is 6.92 Å². The number of hydrogen-bond acceptors (Lipinski definition) is 3. The maximum atomic E-state index is 11.8. The van der Waals surface area contributed by atoms with Crippen molar-refractivity contribution in [2.24, 2.45) is 0 Å². The van der Waals surface area contributed by atoms with E-state index < -0.39 is 12.1 Å². The minimum Gasteiger partial charge on any atom is -0.444 e. The monoisotopic (exact) mass is 246 g/mol. The molecule has 1 heterocycles. The summed E-state index contributed by atoms with van der Waals surface area (Å²) in [6, 6.07) is 8.83. The van der Waals surface area contributed by atoms with Gasteiger partial charge in [0, 0.05) is 12.4 Å². The van der Waals surface area contributed by atoms with Crippen LogP contribution in [-0.2, 0) is 16.1 Å². The fourth-order valence-electron chi connectivity index (χ4n) is 1.59. The molecule has 94 valence electrons. The van der Waals surface area contributed by atoms with Crippen LogP contribution in [0.25, 0.3) is 0 Å². The lowest BCUT2D eigenvalue weighted by Crippen LogP contribution is -2.47. The van der Waals surface area contributed by atoms with Crippen molar-refractivity contribution in [1.82, 2.24) is 10.2 Å². The first-order valence-electron chi connectivity index (χ1n) is 5.64. The second-order valence-electron chi connectivity index (χ2n) is 3.95. The standard InChI is InChI=1S/C13H14N2O3/c1-10-12(16)14-7-8-15(10)13(17)18-9-11-5-3-2-4-6-11/h2-8,10H,9H2,1H3,(H,14,16)/t10-/m1/s1. The van der Waals surface area contributed by atoms with Crippen molar-refractivity contribution in [1.29, 1.82) is 0 Å². The van der Waals surface area contributed by atoms with Crippen molar-refractivity contribution in [3.63, 3.8) is 0 Å². The molecule has 0 aromatic heterocycles. The molecule has 2 rings (SSSR count). The lowest BCUT2D eigenvalue weighted by atomic mass is 10.2. The Bertz CT molecular complexity index is 470. The van der Waals surface area contributed by atoms with Crippen LogP contribution in [-0.4, -0.2) is 22.9 Å². The molecule has 0 radical (unpaired) electrons. The number of hydrogen-bond donors (Lipinski definition) is 1. The predicted molar refractivity (Wildman–Crippen MR) is 65.2 cm³/mol. The Morgan fingerprint density at radius 2 is 2.11 bits per heavy atom. The maximum absolute atomic E-state index is 11.8. The van der Waals surface area contributed by atoms with Crippen LogP contribution in [0.4, 0.5) is 4.79 Å². The molecule has 1 aliphatic rings. The van der Waals surface area contributed by atoms with E-state index in [1.165, 1.54) is 17.3 Å². The Labute approximate surface area is 105 Å². The van der Waals surface area contributed by atoms with Crippen LogP contribution in [0.1, 0.15) is 12.5 Å². The third-order valence-corrected chi connectivity index (χ3v) is 2.67.